The number of benzene rings is 5. The Labute approximate surface area is 242 Å². The molecule has 0 aliphatic carbocycles. The lowest BCUT2D eigenvalue weighted by atomic mass is 9.92. The Morgan fingerprint density at radius 3 is 2.02 bits per heavy atom. The fourth-order valence-corrected chi connectivity index (χ4v) is 6.18. The molecule has 202 valence electrons. The van der Waals surface area contributed by atoms with Crippen LogP contribution in [-0.2, 0) is 7.05 Å². The molecule has 6 aromatic rings. The van der Waals surface area contributed by atoms with E-state index in [0.29, 0.717) is 17.4 Å². The van der Waals surface area contributed by atoms with E-state index in [1.807, 2.05) is 24.3 Å². The van der Waals surface area contributed by atoms with Gasteiger partial charge in [-0.25, -0.2) is 4.57 Å². The Hall–Kier alpha value is -4.68. The summed E-state index contributed by atoms with van der Waals surface area (Å²) in [5.41, 5.74) is 11.9. The summed E-state index contributed by atoms with van der Waals surface area (Å²) < 4.78 is 4.87. The fraction of sp³-hybridized carbons (Fsp3) is 0.211. The second kappa shape index (κ2) is 10.4. The van der Waals surface area contributed by atoms with Gasteiger partial charge < -0.3 is 0 Å². The zero-order chi connectivity index (χ0) is 28.8. The van der Waals surface area contributed by atoms with E-state index in [9.17, 15) is 5.26 Å². The van der Waals surface area contributed by atoms with E-state index < -0.39 is 0 Å². The van der Waals surface area contributed by atoms with Gasteiger partial charge in [0.05, 0.1) is 24.2 Å². The van der Waals surface area contributed by atoms with Crippen LogP contribution in [0.15, 0.2) is 97.1 Å². The highest BCUT2D eigenvalue weighted by Gasteiger charge is 2.31. The fourth-order valence-electron chi connectivity index (χ4n) is 6.18. The monoisotopic (exact) mass is 534 g/mol. The van der Waals surface area contributed by atoms with Crippen molar-refractivity contribution in [2.45, 2.75) is 46.5 Å². The predicted molar refractivity (Wildman–Crippen MR) is 170 cm³/mol. The summed E-state index contributed by atoms with van der Waals surface area (Å²) in [6, 6.07) is 36.9. The normalized spacial score (nSPS) is 11.6. The molecule has 41 heavy (non-hydrogen) atoms. The average Bonchev–Trinajstić information content (AvgIpc) is 3.27. The minimum atomic E-state index is 0.390. The molecule has 1 aromatic heterocycles. The molecule has 0 saturated carbocycles. The predicted octanol–water partition coefficient (Wildman–Crippen LogP) is 9.37. The molecule has 6 rings (SSSR count). The Morgan fingerprint density at radius 1 is 0.707 bits per heavy atom. The second-order valence-electron chi connectivity index (χ2n) is 11.7. The van der Waals surface area contributed by atoms with E-state index in [4.69, 9.17) is 0 Å². The van der Waals surface area contributed by atoms with Gasteiger partial charge in [0.2, 0.25) is 0 Å². The summed E-state index contributed by atoms with van der Waals surface area (Å²) in [4.78, 5) is 0. The quantitative estimate of drug-likeness (QED) is 0.203. The summed E-state index contributed by atoms with van der Waals surface area (Å²) >= 11 is 0. The first-order valence-corrected chi connectivity index (χ1v) is 14.5. The molecular weight excluding hydrogens is 498 g/mol. The molecule has 0 unspecified atom stereocenters. The number of aryl methyl sites for hydroxylation is 2. The molecule has 0 atom stereocenters. The van der Waals surface area contributed by atoms with Gasteiger partial charge >= 0.3 is 0 Å². The summed E-state index contributed by atoms with van der Waals surface area (Å²) in [5.74, 6) is 1.97. The molecule has 0 amide bonds. The molecule has 1 heterocycles. The Bertz CT molecular complexity index is 1940. The minimum Gasteiger partial charge on any atom is -0.225 e. The van der Waals surface area contributed by atoms with Gasteiger partial charge in [0.25, 0.3) is 5.82 Å². The number of nitriles is 1. The minimum absolute atomic E-state index is 0.390. The van der Waals surface area contributed by atoms with E-state index in [1.165, 1.54) is 55.6 Å². The third kappa shape index (κ3) is 4.50. The first kappa shape index (κ1) is 26.5. The molecule has 0 bridgehead atoms. The lowest BCUT2D eigenvalue weighted by molar-refractivity contribution is -0.633. The Morgan fingerprint density at radius 2 is 1.37 bits per heavy atom. The topological polar surface area (TPSA) is 32.6 Å². The number of fused-ring (bicyclic) bond motifs is 2. The van der Waals surface area contributed by atoms with E-state index in [-0.39, 0.29) is 0 Å². The first-order valence-electron chi connectivity index (χ1n) is 14.5. The zero-order valence-electron chi connectivity index (χ0n) is 24.7. The van der Waals surface area contributed by atoms with Crippen LogP contribution >= 0.6 is 0 Å². The van der Waals surface area contributed by atoms with Crippen molar-refractivity contribution in [3.05, 3.63) is 119 Å². The van der Waals surface area contributed by atoms with E-state index >= 15 is 0 Å². The number of rotatable bonds is 5. The Kier molecular flexibility index (Phi) is 6.72. The number of imidazole rings is 1. The molecule has 0 N–H and O–H groups in total. The molecule has 3 nitrogen and oxygen atoms in total. The van der Waals surface area contributed by atoms with Gasteiger partial charge in [-0.1, -0.05) is 88.4 Å². The van der Waals surface area contributed by atoms with Crippen LogP contribution in [0.3, 0.4) is 0 Å². The standard InChI is InChI=1S/C38H36N3/c1-24(2)32-10-9-11-33(25(3)4)37(32)41-36-13-8-7-12-35(36)40(6)38(41)34-22-30-19-18-29(21-31(30)20-26(34)5)28-16-14-27(23-39)15-17-28/h7-22,24-25H,1-6H3/q+1. The molecule has 0 saturated heterocycles. The molecule has 5 aromatic carbocycles. The van der Waals surface area contributed by atoms with Crippen molar-refractivity contribution in [3.8, 4) is 34.3 Å². The first-order chi connectivity index (χ1) is 19.8. The van der Waals surface area contributed by atoms with Crippen molar-refractivity contribution in [1.82, 2.24) is 4.57 Å². The highest BCUT2D eigenvalue weighted by molar-refractivity contribution is 5.92. The van der Waals surface area contributed by atoms with Crippen LogP contribution in [0.4, 0.5) is 0 Å². The largest absolute Gasteiger partial charge is 0.295 e. The molecule has 0 aliphatic heterocycles. The molecular formula is C38H36N3+. The van der Waals surface area contributed by atoms with Crippen molar-refractivity contribution in [2.24, 2.45) is 7.05 Å². The van der Waals surface area contributed by atoms with Crippen molar-refractivity contribution in [1.29, 1.82) is 5.26 Å². The van der Waals surface area contributed by atoms with Crippen LogP contribution in [0.5, 0.6) is 0 Å². The van der Waals surface area contributed by atoms with Crippen LogP contribution in [0.1, 0.15) is 61.8 Å². The summed E-state index contributed by atoms with van der Waals surface area (Å²) in [5, 5.41) is 11.6. The van der Waals surface area contributed by atoms with Crippen LogP contribution < -0.4 is 4.57 Å². The van der Waals surface area contributed by atoms with Gasteiger partial charge in [0, 0.05) is 11.1 Å². The Balaban J connectivity index is 1.62. The third-order valence-corrected chi connectivity index (χ3v) is 8.35. The average molecular weight is 535 g/mol. The number of hydrogen-bond acceptors (Lipinski definition) is 1. The third-order valence-electron chi connectivity index (χ3n) is 8.35. The summed E-state index contributed by atoms with van der Waals surface area (Å²) in [6.07, 6.45) is 0. The van der Waals surface area contributed by atoms with Crippen molar-refractivity contribution in [3.63, 3.8) is 0 Å². The maximum atomic E-state index is 9.18. The van der Waals surface area contributed by atoms with Crippen LogP contribution in [-0.4, -0.2) is 4.57 Å². The van der Waals surface area contributed by atoms with Crippen molar-refractivity contribution >= 4 is 21.8 Å². The van der Waals surface area contributed by atoms with Crippen LogP contribution in [0.2, 0.25) is 0 Å². The van der Waals surface area contributed by atoms with Gasteiger partial charge in [-0.3, -0.25) is 0 Å². The van der Waals surface area contributed by atoms with Crippen LogP contribution in [0.25, 0.3) is 50.0 Å². The molecule has 3 heteroatoms. The van der Waals surface area contributed by atoms with Crippen molar-refractivity contribution < 1.29 is 4.57 Å². The highest BCUT2D eigenvalue weighted by Crippen LogP contribution is 2.38. The molecule has 0 aliphatic rings. The van der Waals surface area contributed by atoms with E-state index in [0.717, 1.165) is 11.1 Å². The lowest BCUT2D eigenvalue weighted by Gasteiger charge is -2.18. The van der Waals surface area contributed by atoms with E-state index in [1.54, 1.807) is 0 Å². The molecule has 0 radical (unpaired) electrons. The van der Waals surface area contributed by atoms with Crippen molar-refractivity contribution in [2.75, 3.05) is 0 Å². The maximum absolute atomic E-state index is 9.18. The van der Waals surface area contributed by atoms with Gasteiger partial charge in [-0.05, 0) is 82.6 Å². The smallest absolute Gasteiger partial charge is 0.225 e. The molecule has 0 spiro atoms. The van der Waals surface area contributed by atoms with Gasteiger partial charge in [0.1, 0.15) is 5.69 Å². The second-order valence-corrected chi connectivity index (χ2v) is 11.7. The maximum Gasteiger partial charge on any atom is 0.295 e. The lowest BCUT2D eigenvalue weighted by Crippen LogP contribution is -2.30. The van der Waals surface area contributed by atoms with Crippen LogP contribution in [0, 0.1) is 18.3 Å². The number of para-hydroxylation sites is 3. The van der Waals surface area contributed by atoms with E-state index in [2.05, 4.69) is 130 Å². The number of hydrogen-bond donors (Lipinski definition) is 0. The number of nitrogens with zero attached hydrogens (tertiary/aromatic N) is 3. The van der Waals surface area contributed by atoms with Gasteiger partial charge in [0.15, 0.2) is 11.0 Å². The highest BCUT2D eigenvalue weighted by atomic mass is 15.2. The van der Waals surface area contributed by atoms with Gasteiger partial charge in [-0.2, -0.15) is 9.83 Å². The van der Waals surface area contributed by atoms with Gasteiger partial charge in [-0.15, -0.1) is 0 Å². The molecule has 0 fully saturated rings. The summed E-state index contributed by atoms with van der Waals surface area (Å²) in [7, 11) is 2.19. The SMILES string of the molecule is Cc1cc2cc(-c3ccc(C#N)cc3)ccc2cc1-c1n(-c2c(C(C)C)cccc2C(C)C)c2ccccc2[n+]1C. The number of aromatic nitrogens is 2. The zero-order valence-corrected chi connectivity index (χ0v) is 24.7. The summed E-state index contributed by atoms with van der Waals surface area (Å²) in [6.45, 7) is 11.4.